The minimum absolute atomic E-state index is 0.0316. The Morgan fingerprint density at radius 1 is 1.35 bits per heavy atom. The summed E-state index contributed by atoms with van der Waals surface area (Å²) in [5.41, 5.74) is 0.634. The van der Waals surface area contributed by atoms with Crippen LogP contribution in [0.3, 0.4) is 0 Å². The van der Waals surface area contributed by atoms with Crippen LogP contribution in [-0.4, -0.2) is 52.6 Å². The number of aliphatic hydroxyl groups is 1. The summed E-state index contributed by atoms with van der Waals surface area (Å²) in [6.45, 7) is 1.74. The Kier molecular flexibility index (Phi) is 5.68. The smallest absolute Gasteiger partial charge is 0.274 e. The lowest BCUT2D eigenvalue weighted by Crippen LogP contribution is -2.32. The van der Waals surface area contributed by atoms with Crippen LogP contribution in [0.2, 0.25) is 5.02 Å². The fourth-order valence-corrected chi connectivity index (χ4v) is 3.06. The summed E-state index contributed by atoms with van der Waals surface area (Å²) in [5, 5.41) is 10.5. The number of anilines is 1. The minimum atomic E-state index is -0.941. The number of likely N-dealkylation sites (N-methyl/N-ethyl adjacent to an activating group) is 1. The molecule has 1 atom stereocenters. The van der Waals surface area contributed by atoms with Gasteiger partial charge in [-0.05, 0) is 30.5 Å². The number of hydrogen-bond acceptors (Lipinski definition) is 5. The number of aromatic nitrogens is 2. The van der Waals surface area contributed by atoms with Crippen LogP contribution in [0.15, 0.2) is 30.5 Å². The van der Waals surface area contributed by atoms with Crippen LogP contribution in [0.1, 0.15) is 35.0 Å². The van der Waals surface area contributed by atoms with E-state index in [1.807, 2.05) is 4.90 Å². The zero-order valence-electron chi connectivity index (χ0n) is 14.4. The van der Waals surface area contributed by atoms with Gasteiger partial charge in [0.2, 0.25) is 5.95 Å². The van der Waals surface area contributed by atoms with Gasteiger partial charge in [0.05, 0.1) is 23.9 Å². The van der Waals surface area contributed by atoms with Crippen LogP contribution in [-0.2, 0) is 0 Å². The molecule has 2 aromatic rings. The van der Waals surface area contributed by atoms with Gasteiger partial charge in [0, 0.05) is 20.1 Å². The second-order valence-electron chi connectivity index (χ2n) is 6.31. The number of nitrogens with zero attached hydrogens (tertiary/aromatic N) is 4. The normalized spacial score (nSPS) is 15.2. The van der Waals surface area contributed by atoms with Gasteiger partial charge in [-0.25, -0.2) is 14.4 Å². The van der Waals surface area contributed by atoms with Crippen LogP contribution in [0, 0.1) is 5.82 Å². The molecule has 0 radical (unpaired) electrons. The lowest BCUT2D eigenvalue weighted by atomic mass is 10.1. The van der Waals surface area contributed by atoms with E-state index in [1.165, 1.54) is 35.4 Å². The number of benzene rings is 1. The molecular weight excluding hydrogens is 359 g/mol. The number of halogens is 2. The fourth-order valence-electron chi connectivity index (χ4n) is 2.89. The minimum Gasteiger partial charge on any atom is -0.387 e. The van der Waals surface area contributed by atoms with E-state index in [-0.39, 0.29) is 23.1 Å². The van der Waals surface area contributed by atoms with Gasteiger partial charge < -0.3 is 14.9 Å². The average molecular weight is 379 g/mol. The van der Waals surface area contributed by atoms with E-state index in [9.17, 15) is 14.3 Å². The molecule has 0 bridgehead atoms. The highest BCUT2D eigenvalue weighted by atomic mass is 35.5. The summed E-state index contributed by atoms with van der Waals surface area (Å²) >= 11 is 6.12. The molecule has 26 heavy (non-hydrogen) atoms. The summed E-state index contributed by atoms with van der Waals surface area (Å²) in [6, 6.07) is 5.51. The lowest BCUT2D eigenvalue weighted by Gasteiger charge is -2.22. The molecule has 0 aliphatic carbocycles. The van der Waals surface area contributed by atoms with Crippen molar-refractivity contribution in [2.75, 3.05) is 31.6 Å². The van der Waals surface area contributed by atoms with E-state index >= 15 is 0 Å². The highest BCUT2D eigenvalue weighted by molar-refractivity contribution is 6.33. The van der Waals surface area contributed by atoms with Crippen molar-refractivity contribution in [3.8, 4) is 0 Å². The Morgan fingerprint density at radius 3 is 2.65 bits per heavy atom. The summed E-state index contributed by atoms with van der Waals surface area (Å²) < 4.78 is 13.0. The molecule has 1 aliphatic heterocycles. The molecule has 3 rings (SSSR count). The Hall–Kier alpha value is -2.25. The van der Waals surface area contributed by atoms with Crippen LogP contribution < -0.4 is 4.90 Å². The Morgan fingerprint density at radius 2 is 2.00 bits per heavy atom. The van der Waals surface area contributed by atoms with Crippen molar-refractivity contribution in [3.63, 3.8) is 0 Å². The van der Waals surface area contributed by atoms with Crippen molar-refractivity contribution in [1.82, 2.24) is 14.9 Å². The molecule has 0 saturated carbocycles. The van der Waals surface area contributed by atoms with E-state index < -0.39 is 12.0 Å². The van der Waals surface area contributed by atoms with E-state index in [2.05, 4.69) is 9.97 Å². The molecule has 138 valence electrons. The zero-order chi connectivity index (χ0) is 18.7. The van der Waals surface area contributed by atoms with Crippen LogP contribution in [0.4, 0.5) is 10.3 Å². The van der Waals surface area contributed by atoms with Crippen molar-refractivity contribution in [2.45, 2.75) is 18.9 Å². The molecule has 1 saturated heterocycles. The van der Waals surface area contributed by atoms with Gasteiger partial charge in [0.15, 0.2) is 5.69 Å². The number of carbonyl (C=O) groups is 1. The Labute approximate surface area is 156 Å². The molecule has 1 aromatic carbocycles. The summed E-state index contributed by atoms with van der Waals surface area (Å²) in [7, 11) is 1.56. The van der Waals surface area contributed by atoms with Crippen molar-refractivity contribution < 1.29 is 14.3 Å². The molecule has 2 heterocycles. The second kappa shape index (κ2) is 7.97. The third kappa shape index (κ3) is 4.11. The SMILES string of the molecule is CN(CC(O)c1ccc(F)cc1)C(=O)c1nc(N2CCCC2)ncc1Cl. The molecule has 1 unspecified atom stereocenters. The monoisotopic (exact) mass is 378 g/mol. The molecule has 1 amide bonds. The summed E-state index contributed by atoms with van der Waals surface area (Å²) in [5.74, 6) is -0.297. The number of amides is 1. The van der Waals surface area contributed by atoms with Crippen LogP contribution in [0.25, 0.3) is 0 Å². The lowest BCUT2D eigenvalue weighted by molar-refractivity contribution is 0.0675. The molecule has 1 aliphatic rings. The highest BCUT2D eigenvalue weighted by Gasteiger charge is 2.23. The first-order valence-corrected chi connectivity index (χ1v) is 8.80. The first-order chi connectivity index (χ1) is 12.5. The third-order valence-corrected chi connectivity index (χ3v) is 4.65. The Balaban J connectivity index is 1.73. The maximum atomic E-state index is 13.0. The second-order valence-corrected chi connectivity index (χ2v) is 6.72. The summed E-state index contributed by atoms with van der Waals surface area (Å²) in [4.78, 5) is 24.6. The fraction of sp³-hybridized carbons (Fsp3) is 0.389. The molecule has 6 nitrogen and oxygen atoms in total. The molecule has 1 aromatic heterocycles. The largest absolute Gasteiger partial charge is 0.387 e. The van der Waals surface area contributed by atoms with Gasteiger partial charge in [-0.15, -0.1) is 0 Å². The van der Waals surface area contributed by atoms with Crippen LogP contribution in [0.5, 0.6) is 0 Å². The first kappa shape index (κ1) is 18.5. The quantitative estimate of drug-likeness (QED) is 0.866. The van der Waals surface area contributed by atoms with Gasteiger partial charge in [-0.3, -0.25) is 4.79 Å². The Bertz CT molecular complexity index is 781. The predicted octanol–water partition coefficient (Wildman–Crippen LogP) is 2.67. The maximum Gasteiger partial charge on any atom is 0.274 e. The standard InChI is InChI=1S/C18H20ClFN4O2/c1-23(11-15(25)12-4-6-13(20)7-5-12)17(26)16-14(19)10-21-18(22-16)24-8-2-3-9-24/h4-7,10,15,25H,2-3,8-9,11H2,1H3. The third-order valence-electron chi connectivity index (χ3n) is 4.37. The van der Waals surface area contributed by atoms with Gasteiger partial charge in [0.1, 0.15) is 5.82 Å². The van der Waals surface area contributed by atoms with Gasteiger partial charge in [0.25, 0.3) is 5.91 Å². The highest BCUT2D eigenvalue weighted by Crippen LogP contribution is 2.22. The van der Waals surface area contributed by atoms with Crippen molar-refractivity contribution in [1.29, 1.82) is 0 Å². The molecule has 1 N–H and O–H groups in total. The van der Waals surface area contributed by atoms with Crippen molar-refractivity contribution >= 4 is 23.5 Å². The van der Waals surface area contributed by atoms with E-state index in [0.717, 1.165) is 25.9 Å². The average Bonchev–Trinajstić information content (AvgIpc) is 3.16. The van der Waals surface area contributed by atoms with Crippen molar-refractivity contribution in [3.05, 3.63) is 52.6 Å². The number of rotatable bonds is 5. The first-order valence-electron chi connectivity index (χ1n) is 8.42. The van der Waals surface area contributed by atoms with Crippen LogP contribution >= 0.6 is 11.6 Å². The van der Waals surface area contributed by atoms with Gasteiger partial charge >= 0.3 is 0 Å². The van der Waals surface area contributed by atoms with E-state index in [1.54, 1.807) is 7.05 Å². The molecular formula is C18H20ClFN4O2. The number of carbonyl (C=O) groups excluding carboxylic acids is 1. The number of hydrogen-bond donors (Lipinski definition) is 1. The van der Waals surface area contributed by atoms with E-state index in [0.29, 0.717) is 11.5 Å². The predicted molar refractivity (Wildman–Crippen MR) is 96.8 cm³/mol. The molecule has 1 fully saturated rings. The molecule has 0 spiro atoms. The van der Waals surface area contributed by atoms with Gasteiger partial charge in [-0.2, -0.15) is 0 Å². The van der Waals surface area contributed by atoms with Gasteiger partial charge in [-0.1, -0.05) is 23.7 Å². The van der Waals surface area contributed by atoms with Crippen molar-refractivity contribution in [2.24, 2.45) is 0 Å². The van der Waals surface area contributed by atoms with E-state index in [4.69, 9.17) is 11.6 Å². The number of aliphatic hydroxyl groups excluding tert-OH is 1. The topological polar surface area (TPSA) is 69.6 Å². The molecule has 8 heteroatoms. The zero-order valence-corrected chi connectivity index (χ0v) is 15.2. The summed E-state index contributed by atoms with van der Waals surface area (Å²) in [6.07, 6.45) is 2.63. The maximum absolute atomic E-state index is 13.0.